The number of benzene rings is 1. The van der Waals surface area contributed by atoms with Gasteiger partial charge in [-0.05, 0) is 67.7 Å². The quantitative estimate of drug-likeness (QED) is 0.440. The van der Waals surface area contributed by atoms with Gasteiger partial charge >= 0.3 is 6.09 Å². The highest BCUT2D eigenvalue weighted by molar-refractivity contribution is 5.83. The number of aromatic nitrogens is 7. The number of piperidine rings is 1. The van der Waals surface area contributed by atoms with Crippen molar-refractivity contribution in [2.45, 2.75) is 51.7 Å². The van der Waals surface area contributed by atoms with Gasteiger partial charge in [0.25, 0.3) is 0 Å². The van der Waals surface area contributed by atoms with Crippen molar-refractivity contribution in [3.05, 3.63) is 60.3 Å². The summed E-state index contributed by atoms with van der Waals surface area (Å²) >= 11 is 0. The Morgan fingerprint density at radius 3 is 2.57 bits per heavy atom. The van der Waals surface area contributed by atoms with Gasteiger partial charge < -0.3 is 14.2 Å². The van der Waals surface area contributed by atoms with Gasteiger partial charge in [0.1, 0.15) is 23.6 Å². The minimum atomic E-state index is -0.497. The number of ether oxygens (including phenoxy) is 1. The maximum absolute atomic E-state index is 14.9. The summed E-state index contributed by atoms with van der Waals surface area (Å²) in [6.45, 7) is 7.24. The van der Waals surface area contributed by atoms with E-state index in [4.69, 9.17) is 4.74 Å². The van der Waals surface area contributed by atoms with Crippen LogP contribution in [-0.2, 0) is 11.3 Å². The van der Waals surface area contributed by atoms with Crippen LogP contribution in [0.15, 0.2) is 43.1 Å². The van der Waals surface area contributed by atoms with E-state index < -0.39 is 5.60 Å². The third-order valence-corrected chi connectivity index (χ3v) is 6.07. The maximum Gasteiger partial charge on any atom is 0.410 e. The summed E-state index contributed by atoms with van der Waals surface area (Å²) in [5.41, 5.74) is 1.58. The highest BCUT2D eigenvalue weighted by Crippen LogP contribution is 2.28. The van der Waals surface area contributed by atoms with Gasteiger partial charge in [-0.2, -0.15) is 0 Å². The van der Waals surface area contributed by atoms with Gasteiger partial charge in [-0.25, -0.2) is 23.8 Å². The Morgan fingerprint density at radius 2 is 1.91 bits per heavy atom. The average molecular weight is 479 g/mol. The highest BCUT2D eigenvalue weighted by Gasteiger charge is 2.27. The molecule has 4 heterocycles. The topological polar surface area (TPSA) is 104 Å². The van der Waals surface area contributed by atoms with Crippen LogP contribution in [0.3, 0.4) is 0 Å². The fraction of sp³-hybridized carbons (Fsp3) is 0.417. The SMILES string of the molecule is CC(C)(C)OC(=O)N1CCC(c2cnc(Cn3ccc4cc(-n5cnnn5)cc(F)c43)nc2)CC1. The van der Waals surface area contributed by atoms with Crippen molar-refractivity contribution in [1.29, 1.82) is 0 Å². The van der Waals surface area contributed by atoms with Crippen LogP contribution in [0.25, 0.3) is 16.6 Å². The lowest BCUT2D eigenvalue weighted by Gasteiger charge is -2.33. The molecular weight excluding hydrogens is 451 g/mol. The molecule has 0 radical (unpaired) electrons. The number of fused-ring (bicyclic) bond motifs is 1. The number of hydrogen-bond acceptors (Lipinski definition) is 7. The number of hydrogen-bond donors (Lipinski definition) is 0. The Labute approximate surface area is 201 Å². The van der Waals surface area contributed by atoms with Crippen LogP contribution in [0.2, 0.25) is 0 Å². The molecule has 0 atom stereocenters. The van der Waals surface area contributed by atoms with E-state index in [2.05, 4.69) is 25.5 Å². The van der Waals surface area contributed by atoms with E-state index in [9.17, 15) is 9.18 Å². The zero-order chi connectivity index (χ0) is 24.6. The fourth-order valence-corrected chi connectivity index (χ4v) is 4.36. The number of likely N-dealkylation sites (tertiary alicyclic amines) is 1. The van der Waals surface area contributed by atoms with Gasteiger partial charge in [-0.3, -0.25) is 0 Å². The monoisotopic (exact) mass is 478 g/mol. The van der Waals surface area contributed by atoms with Crippen molar-refractivity contribution in [3.8, 4) is 5.69 Å². The largest absolute Gasteiger partial charge is 0.444 e. The number of amides is 1. The van der Waals surface area contributed by atoms with E-state index in [1.807, 2.05) is 51.5 Å². The number of halogens is 1. The molecule has 182 valence electrons. The molecular formula is C24H27FN8O2. The molecule has 0 N–H and O–H groups in total. The van der Waals surface area contributed by atoms with E-state index in [-0.39, 0.29) is 17.8 Å². The third kappa shape index (κ3) is 4.98. The first-order valence-electron chi connectivity index (χ1n) is 11.6. The molecule has 1 amide bonds. The number of rotatable bonds is 4. The summed E-state index contributed by atoms with van der Waals surface area (Å²) in [6.07, 6.45) is 8.33. The molecule has 11 heteroatoms. The van der Waals surface area contributed by atoms with Gasteiger partial charge in [0.2, 0.25) is 0 Å². The van der Waals surface area contributed by atoms with Crippen molar-refractivity contribution in [1.82, 2.24) is 39.6 Å². The minimum absolute atomic E-state index is 0.265. The first-order valence-corrected chi connectivity index (χ1v) is 11.6. The number of tetrazole rings is 1. The second-order valence-corrected chi connectivity index (χ2v) is 9.74. The molecule has 1 aliphatic heterocycles. The summed E-state index contributed by atoms with van der Waals surface area (Å²) in [7, 11) is 0. The normalized spacial score (nSPS) is 15.0. The summed E-state index contributed by atoms with van der Waals surface area (Å²) in [5, 5.41) is 11.8. The first-order chi connectivity index (χ1) is 16.8. The van der Waals surface area contributed by atoms with E-state index in [0.29, 0.717) is 36.7 Å². The lowest BCUT2D eigenvalue weighted by molar-refractivity contribution is 0.0204. The van der Waals surface area contributed by atoms with Crippen molar-refractivity contribution in [2.75, 3.05) is 13.1 Å². The second kappa shape index (κ2) is 9.05. The zero-order valence-electron chi connectivity index (χ0n) is 19.9. The predicted octanol–water partition coefficient (Wildman–Crippen LogP) is 3.71. The predicted molar refractivity (Wildman–Crippen MR) is 126 cm³/mol. The van der Waals surface area contributed by atoms with Crippen LogP contribution in [0.5, 0.6) is 0 Å². The molecule has 3 aromatic heterocycles. The van der Waals surface area contributed by atoms with Gasteiger partial charge in [0, 0.05) is 43.1 Å². The van der Waals surface area contributed by atoms with Crippen LogP contribution in [0.1, 0.15) is 50.9 Å². The Bertz CT molecular complexity index is 1320. The van der Waals surface area contributed by atoms with Crippen molar-refractivity contribution in [3.63, 3.8) is 0 Å². The van der Waals surface area contributed by atoms with Gasteiger partial charge in [-0.15, -0.1) is 5.10 Å². The van der Waals surface area contributed by atoms with Crippen molar-refractivity contribution >= 4 is 17.0 Å². The van der Waals surface area contributed by atoms with Gasteiger partial charge in [0.15, 0.2) is 0 Å². The zero-order valence-corrected chi connectivity index (χ0v) is 19.9. The molecule has 1 aliphatic rings. The first kappa shape index (κ1) is 22.9. The molecule has 1 fully saturated rings. The minimum Gasteiger partial charge on any atom is -0.444 e. The summed E-state index contributed by atoms with van der Waals surface area (Å²) < 4.78 is 23.6. The van der Waals surface area contributed by atoms with Crippen LogP contribution in [0, 0.1) is 5.82 Å². The Morgan fingerprint density at radius 1 is 1.17 bits per heavy atom. The Balaban J connectivity index is 1.24. The molecule has 35 heavy (non-hydrogen) atoms. The summed E-state index contributed by atoms with van der Waals surface area (Å²) in [5.74, 6) is 0.519. The van der Waals surface area contributed by atoms with Gasteiger partial charge in [0.05, 0.1) is 17.7 Å². The lowest BCUT2D eigenvalue weighted by atomic mass is 9.91. The van der Waals surface area contributed by atoms with Crippen molar-refractivity contribution < 1.29 is 13.9 Å². The summed E-state index contributed by atoms with van der Waals surface area (Å²) in [6, 6.07) is 5.08. The average Bonchev–Trinajstić information content (AvgIpc) is 3.49. The molecule has 1 aromatic carbocycles. The number of carbonyl (C=O) groups excluding carboxylic acids is 1. The third-order valence-electron chi connectivity index (χ3n) is 6.07. The Kier molecular flexibility index (Phi) is 5.91. The maximum atomic E-state index is 14.9. The van der Waals surface area contributed by atoms with Gasteiger partial charge in [-0.1, -0.05) is 0 Å². The van der Waals surface area contributed by atoms with E-state index in [1.54, 1.807) is 9.47 Å². The molecule has 1 saturated heterocycles. The Hall–Kier alpha value is -3.89. The van der Waals surface area contributed by atoms with Crippen LogP contribution in [0.4, 0.5) is 9.18 Å². The lowest BCUT2D eigenvalue weighted by Crippen LogP contribution is -2.41. The van der Waals surface area contributed by atoms with E-state index in [1.165, 1.54) is 17.1 Å². The highest BCUT2D eigenvalue weighted by atomic mass is 19.1. The smallest absolute Gasteiger partial charge is 0.410 e. The van der Waals surface area contributed by atoms with E-state index in [0.717, 1.165) is 23.8 Å². The molecule has 4 aromatic rings. The van der Waals surface area contributed by atoms with Crippen LogP contribution >= 0.6 is 0 Å². The second-order valence-electron chi connectivity index (χ2n) is 9.74. The molecule has 5 rings (SSSR count). The fourth-order valence-electron chi connectivity index (χ4n) is 4.36. The molecule has 0 unspecified atom stereocenters. The summed E-state index contributed by atoms with van der Waals surface area (Å²) in [4.78, 5) is 23.1. The molecule has 0 saturated carbocycles. The van der Waals surface area contributed by atoms with E-state index >= 15 is 0 Å². The van der Waals surface area contributed by atoms with Crippen LogP contribution in [-0.4, -0.2) is 64.4 Å². The molecule has 0 bridgehead atoms. The molecule has 0 aliphatic carbocycles. The standard InChI is InChI=1S/C24H27FN8O2/c1-24(2,3)35-23(34)31-7-4-16(5-8-31)18-12-26-21(27-13-18)14-32-9-6-17-10-19(11-20(25)22(17)32)33-15-28-29-30-33/h6,9-13,15-16H,4-5,7-8,14H2,1-3H3. The number of nitrogens with zero attached hydrogens (tertiary/aromatic N) is 8. The molecule has 10 nitrogen and oxygen atoms in total. The van der Waals surface area contributed by atoms with Crippen LogP contribution < -0.4 is 0 Å². The van der Waals surface area contributed by atoms with Crippen molar-refractivity contribution in [2.24, 2.45) is 0 Å². The molecule has 0 spiro atoms. The number of carbonyl (C=O) groups is 1.